The number of benzene rings is 1. The van der Waals surface area contributed by atoms with Crippen LogP contribution in [0.1, 0.15) is 49.5 Å². The molecule has 2 aliphatic rings. The first-order valence-electron chi connectivity index (χ1n) is 11.9. The fraction of sp³-hybridized carbons (Fsp3) is 0.370. The molecule has 1 N–H and O–H groups in total. The summed E-state index contributed by atoms with van der Waals surface area (Å²) in [4.78, 5) is 14.3. The Morgan fingerprint density at radius 3 is 2.64 bits per heavy atom. The monoisotopic (exact) mass is 440 g/mol. The van der Waals surface area contributed by atoms with E-state index < -0.39 is 0 Å². The minimum Gasteiger partial charge on any atom is -0.477 e. The van der Waals surface area contributed by atoms with E-state index in [0.29, 0.717) is 18.4 Å². The molecule has 1 atom stereocenters. The van der Waals surface area contributed by atoms with Crippen LogP contribution >= 0.6 is 0 Å². The number of imidazole rings is 1. The second-order valence-electron chi connectivity index (χ2n) is 9.27. The van der Waals surface area contributed by atoms with Gasteiger partial charge in [-0.1, -0.05) is 30.3 Å². The summed E-state index contributed by atoms with van der Waals surface area (Å²) in [5, 5.41) is 9.71. The molecule has 0 spiro atoms. The fourth-order valence-corrected chi connectivity index (χ4v) is 5.23. The van der Waals surface area contributed by atoms with Crippen LogP contribution in [-0.4, -0.2) is 37.3 Å². The number of fused-ring (bicyclic) bond motifs is 3. The normalized spacial score (nSPS) is 22.4. The zero-order valence-electron chi connectivity index (χ0n) is 18.6. The number of nitrogens with zero attached hydrogens (tertiary/aromatic N) is 4. The SMILES string of the molecule is O[C@H]1CC[C@H](COc2cc(-c3ccc4nc5n(c4n3)[C@@H](c3ccccc3)CC5)ccn2)CC1. The quantitative estimate of drug-likeness (QED) is 0.475. The van der Waals surface area contributed by atoms with Crippen LogP contribution in [0.3, 0.4) is 0 Å². The highest BCUT2D eigenvalue weighted by Crippen LogP contribution is 2.35. The lowest BCUT2D eigenvalue weighted by atomic mass is 9.88. The highest BCUT2D eigenvalue weighted by atomic mass is 16.5. The number of ether oxygens (including phenoxy) is 1. The van der Waals surface area contributed by atoms with E-state index in [-0.39, 0.29) is 12.1 Å². The van der Waals surface area contributed by atoms with Crippen LogP contribution in [0.15, 0.2) is 60.8 Å². The van der Waals surface area contributed by atoms with E-state index in [0.717, 1.165) is 66.8 Å². The maximum atomic E-state index is 9.71. The Kier molecular flexibility index (Phi) is 5.30. The average molecular weight is 441 g/mol. The van der Waals surface area contributed by atoms with Gasteiger partial charge in [0.15, 0.2) is 5.65 Å². The van der Waals surface area contributed by atoms with E-state index in [1.165, 1.54) is 5.56 Å². The zero-order chi connectivity index (χ0) is 22.2. The summed E-state index contributed by atoms with van der Waals surface area (Å²) in [6.07, 6.45) is 7.42. The second-order valence-corrected chi connectivity index (χ2v) is 9.27. The lowest BCUT2D eigenvalue weighted by Crippen LogP contribution is -2.22. The van der Waals surface area contributed by atoms with Gasteiger partial charge in [0, 0.05) is 24.2 Å². The van der Waals surface area contributed by atoms with E-state index in [2.05, 4.69) is 45.9 Å². The first-order chi connectivity index (χ1) is 16.2. The minimum atomic E-state index is -0.143. The molecule has 1 aliphatic heterocycles. The lowest BCUT2D eigenvalue weighted by Gasteiger charge is -2.25. The highest BCUT2D eigenvalue weighted by Gasteiger charge is 2.28. The number of hydrogen-bond donors (Lipinski definition) is 1. The van der Waals surface area contributed by atoms with Crippen LogP contribution in [0.5, 0.6) is 5.88 Å². The Hall–Kier alpha value is -3.25. The Morgan fingerprint density at radius 1 is 0.939 bits per heavy atom. The number of pyridine rings is 2. The molecule has 6 nitrogen and oxygen atoms in total. The molecule has 4 heterocycles. The summed E-state index contributed by atoms with van der Waals surface area (Å²) in [5.41, 5.74) is 5.08. The van der Waals surface area contributed by atoms with Crippen molar-refractivity contribution < 1.29 is 9.84 Å². The smallest absolute Gasteiger partial charge is 0.213 e. The van der Waals surface area contributed by atoms with E-state index in [9.17, 15) is 5.11 Å². The minimum absolute atomic E-state index is 0.143. The molecule has 1 aromatic carbocycles. The first kappa shape index (κ1) is 20.4. The number of hydrogen-bond acceptors (Lipinski definition) is 5. The van der Waals surface area contributed by atoms with Gasteiger partial charge in [-0.3, -0.25) is 0 Å². The van der Waals surface area contributed by atoms with Gasteiger partial charge in [-0.25, -0.2) is 15.0 Å². The molecule has 4 aromatic rings. The van der Waals surface area contributed by atoms with Gasteiger partial charge in [0.1, 0.15) is 11.3 Å². The Balaban J connectivity index is 1.27. The van der Waals surface area contributed by atoms with Gasteiger partial charge in [-0.05, 0) is 61.8 Å². The van der Waals surface area contributed by atoms with Gasteiger partial charge in [0.05, 0.1) is 24.4 Å². The summed E-state index contributed by atoms with van der Waals surface area (Å²) in [5.74, 6) is 2.22. The van der Waals surface area contributed by atoms with Crippen LogP contribution in [0.4, 0.5) is 0 Å². The number of aliphatic hydroxyl groups excluding tert-OH is 1. The van der Waals surface area contributed by atoms with E-state index >= 15 is 0 Å². The van der Waals surface area contributed by atoms with Crippen molar-refractivity contribution in [3.8, 4) is 17.1 Å². The highest BCUT2D eigenvalue weighted by molar-refractivity contribution is 5.77. The summed E-state index contributed by atoms with van der Waals surface area (Å²) in [6.45, 7) is 0.643. The predicted molar refractivity (Wildman–Crippen MR) is 127 cm³/mol. The van der Waals surface area contributed by atoms with Gasteiger partial charge in [-0.15, -0.1) is 0 Å². The third-order valence-electron chi connectivity index (χ3n) is 7.06. The van der Waals surface area contributed by atoms with E-state index in [1.54, 1.807) is 6.20 Å². The van der Waals surface area contributed by atoms with Gasteiger partial charge < -0.3 is 14.4 Å². The predicted octanol–water partition coefficient (Wildman–Crippen LogP) is 4.96. The molecule has 6 heteroatoms. The van der Waals surface area contributed by atoms with Crippen LogP contribution < -0.4 is 4.74 Å². The van der Waals surface area contributed by atoms with Crippen molar-refractivity contribution in [3.05, 3.63) is 72.2 Å². The zero-order valence-corrected chi connectivity index (χ0v) is 18.6. The second kappa shape index (κ2) is 8.60. The van der Waals surface area contributed by atoms with Crippen molar-refractivity contribution in [2.75, 3.05) is 6.61 Å². The lowest BCUT2D eigenvalue weighted by molar-refractivity contribution is 0.0909. The third-order valence-corrected chi connectivity index (χ3v) is 7.06. The summed E-state index contributed by atoms with van der Waals surface area (Å²) < 4.78 is 8.34. The number of rotatable bonds is 5. The van der Waals surface area contributed by atoms with Crippen LogP contribution in [0, 0.1) is 5.92 Å². The van der Waals surface area contributed by atoms with Crippen molar-refractivity contribution in [2.45, 2.75) is 50.7 Å². The van der Waals surface area contributed by atoms with E-state index in [4.69, 9.17) is 14.7 Å². The summed E-state index contributed by atoms with van der Waals surface area (Å²) in [7, 11) is 0. The van der Waals surface area contributed by atoms with Crippen molar-refractivity contribution in [2.24, 2.45) is 5.92 Å². The molecule has 0 amide bonds. The maximum Gasteiger partial charge on any atom is 0.213 e. The molecule has 168 valence electrons. The molecule has 0 unspecified atom stereocenters. The molecule has 6 rings (SSSR count). The maximum absolute atomic E-state index is 9.71. The van der Waals surface area contributed by atoms with Crippen LogP contribution in [0.2, 0.25) is 0 Å². The molecule has 0 saturated heterocycles. The number of aryl methyl sites for hydroxylation is 1. The Bertz CT molecular complexity index is 1260. The topological polar surface area (TPSA) is 73.1 Å². The molecular weight excluding hydrogens is 412 g/mol. The summed E-state index contributed by atoms with van der Waals surface area (Å²) in [6, 6.07) is 19.0. The molecule has 0 bridgehead atoms. The Labute approximate surface area is 193 Å². The average Bonchev–Trinajstić information content (AvgIpc) is 3.43. The summed E-state index contributed by atoms with van der Waals surface area (Å²) >= 11 is 0. The molecule has 33 heavy (non-hydrogen) atoms. The Morgan fingerprint density at radius 2 is 1.79 bits per heavy atom. The van der Waals surface area contributed by atoms with Gasteiger partial charge in [0.2, 0.25) is 5.88 Å². The number of aliphatic hydroxyl groups is 1. The molecular formula is C27H28N4O2. The fourth-order valence-electron chi connectivity index (χ4n) is 5.23. The molecule has 3 aromatic heterocycles. The van der Waals surface area contributed by atoms with Crippen molar-refractivity contribution in [1.82, 2.24) is 19.5 Å². The first-order valence-corrected chi connectivity index (χ1v) is 11.9. The van der Waals surface area contributed by atoms with Crippen molar-refractivity contribution in [3.63, 3.8) is 0 Å². The van der Waals surface area contributed by atoms with Gasteiger partial charge in [-0.2, -0.15) is 0 Å². The third kappa shape index (κ3) is 4.00. The van der Waals surface area contributed by atoms with Crippen molar-refractivity contribution in [1.29, 1.82) is 0 Å². The van der Waals surface area contributed by atoms with E-state index in [1.807, 2.05) is 18.2 Å². The van der Waals surface area contributed by atoms with Crippen molar-refractivity contribution >= 4 is 11.2 Å². The van der Waals surface area contributed by atoms with Crippen LogP contribution in [0.25, 0.3) is 22.4 Å². The van der Waals surface area contributed by atoms with Gasteiger partial charge in [0.25, 0.3) is 0 Å². The van der Waals surface area contributed by atoms with Gasteiger partial charge >= 0.3 is 0 Å². The molecule has 1 fully saturated rings. The largest absolute Gasteiger partial charge is 0.477 e. The number of aromatic nitrogens is 4. The standard InChI is InChI=1S/C27H28N4O2/c32-21-8-6-18(7-9-21)17-33-26-16-20(14-15-28-26)22-10-11-23-27(30-22)31-24(12-13-25(31)29-23)19-4-2-1-3-5-19/h1-5,10-11,14-16,18,21,24,32H,6-9,12-13,17H2/t18-,21-,24-/m1/s1. The van der Waals surface area contributed by atoms with Crippen LogP contribution in [-0.2, 0) is 6.42 Å². The molecule has 1 aliphatic carbocycles. The molecule has 1 saturated carbocycles. The molecule has 0 radical (unpaired) electrons.